The first-order valence-corrected chi connectivity index (χ1v) is 6.03. The molecule has 0 saturated heterocycles. The van der Waals surface area contributed by atoms with Gasteiger partial charge in [0.15, 0.2) is 0 Å². The molecule has 0 amide bonds. The molecule has 0 aliphatic rings. The van der Waals surface area contributed by atoms with Gasteiger partial charge in [-0.3, -0.25) is 10.1 Å². The van der Waals surface area contributed by atoms with Crippen LogP contribution in [-0.4, -0.2) is 22.2 Å². The molecule has 0 atom stereocenters. The first-order chi connectivity index (χ1) is 9.86. The Morgan fingerprint density at radius 2 is 1.95 bits per heavy atom. The van der Waals surface area contributed by atoms with Crippen LogP contribution in [0.3, 0.4) is 0 Å². The zero-order valence-electron chi connectivity index (χ0n) is 10.9. The van der Waals surface area contributed by atoms with E-state index in [4.69, 9.17) is 15.9 Å². The maximum atomic E-state index is 12.4. The highest BCUT2D eigenvalue weighted by Gasteiger charge is 2.32. The Kier molecular flexibility index (Phi) is 4.15. The number of alkyl halides is 3. The molecule has 5 nitrogen and oxygen atoms in total. The normalized spacial score (nSPS) is 11.4. The van der Waals surface area contributed by atoms with E-state index in [1.165, 1.54) is 4.68 Å². The molecule has 0 bridgehead atoms. The third kappa shape index (κ3) is 3.98. The highest BCUT2D eigenvalue weighted by atomic mass is 19.4. The number of aromatic nitrogens is 2. The number of nitrogens with two attached hydrogens (primary N) is 1. The van der Waals surface area contributed by atoms with Gasteiger partial charge < -0.3 is 10.5 Å². The van der Waals surface area contributed by atoms with Gasteiger partial charge >= 0.3 is 6.18 Å². The van der Waals surface area contributed by atoms with Crippen LogP contribution >= 0.6 is 0 Å². The maximum Gasteiger partial charge on any atom is 0.419 e. The molecule has 21 heavy (non-hydrogen) atoms. The predicted octanol–water partition coefficient (Wildman–Crippen LogP) is 2.26. The number of nitrogens with zero attached hydrogens (tertiary/aromatic N) is 2. The summed E-state index contributed by atoms with van der Waals surface area (Å²) in [4.78, 5) is 0. The zero-order chi connectivity index (χ0) is 15.5. The lowest BCUT2D eigenvalue weighted by Gasteiger charge is -2.07. The van der Waals surface area contributed by atoms with Crippen LogP contribution in [0.2, 0.25) is 0 Å². The Labute approximate surface area is 118 Å². The van der Waals surface area contributed by atoms with E-state index < -0.39 is 11.7 Å². The van der Waals surface area contributed by atoms with Crippen molar-refractivity contribution in [2.45, 2.75) is 12.7 Å². The maximum absolute atomic E-state index is 12.4. The first-order valence-electron chi connectivity index (χ1n) is 6.03. The lowest BCUT2D eigenvalue weighted by atomic mass is 10.2. The van der Waals surface area contributed by atoms with E-state index in [0.29, 0.717) is 11.3 Å². The van der Waals surface area contributed by atoms with E-state index in [1.54, 1.807) is 24.3 Å². The summed E-state index contributed by atoms with van der Waals surface area (Å²) in [6.45, 7) is 0.378. The Balaban J connectivity index is 1.86. The van der Waals surface area contributed by atoms with E-state index in [-0.39, 0.29) is 19.0 Å². The van der Waals surface area contributed by atoms with Crippen molar-refractivity contribution in [3.05, 3.63) is 47.8 Å². The van der Waals surface area contributed by atoms with Crippen molar-refractivity contribution in [2.75, 3.05) is 6.61 Å². The first kappa shape index (κ1) is 14.9. The SMILES string of the molecule is N=C(N)c1ccc(OCCn2cc(C(F)(F)F)cn2)cc1. The molecule has 112 valence electrons. The van der Waals surface area contributed by atoms with Gasteiger partial charge in [-0.2, -0.15) is 18.3 Å². The van der Waals surface area contributed by atoms with E-state index >= 15 is 0 Å². The second-order valence-corrected chi connectivity index (χ2v) is 4.28. The molecule has 0 radical (unpaired) electrons. The quantitative estimate of drug-likeness (QED) is 0.656. The zero-order valence-corrected chi connectivity index (χ0v) is 10.9. The second kappa shape index (κ2) is 5.86. The largest absolute Gasteiger partial charge is 0.492 e. The lowest BCUT2D eigenvalue weighted by molar-refractivity contribution is -0.137. The van der Waals surface area contributed by atoms with E-state index in [0.717, 1.165) is 12.4 Å². The number of rotatable bonds is 5. The van der Waals surface area contributed by atoms with Crippen LogP contribution in [-0.2, 0) is 12.7 Å². The van der Waals surface area contributed by atoms with E-state index in [1.807, 2.05) is 0 Å². The van der Waals surface area contributed by atoms with Crippen LogP contribution in [0, 0.1) is 5.41 Å². The Morgan fingerprint density at radius 3 is 2.48 bits per heavy atom. The number of hydrogen-bond acceptors (Lipinski definition) is 3. The molecule has 0 aliphatic heterocycles. The van der Waals surface area contributed by atoms with Crippen molar-refractivity contribution >= 4 is 5.84 Å². The van der Waals surface area contributed by atoms with Crippen molar-refractivity contribution in [3.8, 4) is 5.75 Å². The fraction of sp³-hybridized carbons (Fsp3) is 0.231. The number of nitrogen functional groups attached to an aromatic ring is 1. The average molecular weight is 298 g/mol. The Bertz CT molecular complexity index is 619. The molecule has 3 N–H and O–H groups in total. The summed E-state index contributed by atoms with van der Waals surface area (Å²) in [5.74, 6) is 0.501. The monoisotopic (exact) mass is 298 g/mol. The number of amidine groups is 1. The van der Waals surface area contributed by atoms with Crippen molar-refractivity contribution in [2.24, 2.45) is 5.73 Å². The summed E-state index contributed by atoms with van der Waals surface area (Å²) in [6, 6.07) is 6.54. The van der Waals surface area contributed by atoms with E-state index in [9.17, 15) is 13.2 Å². The van der Waals surface area contributed by atoms with Crippen LogP contribution in [0.4, 0.5) is 13.2 Å². The Hall–Kier alpha value is -2.51. The van der Waals surface area contributed by atoms with Gasteiger partial charge in [-0.05, 0) is 24.3 Å². The topological polar surface area (TPSA) is 76.9 Å². The van der Waals surface area contributed by atoms with Gasteiger partial charge in [0.1, 0.15) is 18.2 Å². The van der Waals surface area contributed by atoms with Crippen molar-refractivity contribution in [1.82, 2.24) is 9.78 Å². The third-order valence-corrected chi connectivity index (χ3v) is 2.72. The summed E-state index contributed by atoms with van der Waals surface area (Å²) >= 11 is 0. The molecule has 2 rings (SSSR count). The molecule has 1 aromatic carbocycles. The van der Waals surface area contributed by atoms with Gasteiger partial charge in [0.2, 0.25) is 0 Å². The highest BCUT2D eigenvalue weighted by Crippen LogP contribution is 2.28. The van der Waals surface area contributed by atoms with Crippen molar-refractivity contribution < 1.29 is 17.9 Å². The van der Waals surface area contributed by atoms with Crippen molar-refractivity contribution in [1.29, 1.82) is 5.41 Å². The lowest BCUT2D eigenvalue weighted by Crippen LogP contribution is -2.11. The van der Waals surface area contributed by atoms with Crippen molar-refractivity contribution in [3.63, 3.8) is 0 Å². The highest BCUT2D eigenvalue weighted by molar-refractivity contribution is 5.94. The fourth-order valence-corrected chi connectivity index (χ4v) is 1.62. The smallest absolute Gasteiger partial charge is 0.419 e. The standard InChI is InChI=1S/C13H13F3N4O/c14-13(15,16)10-7-19-20(8-10)5-6-21-11-3-1-9(2-4-11)12(17)18/h1-4,7-8H,5-6H2,(H3,17,18). The molecular weight excluding hydrogens is 285 g/mol. The molecule has 0 saturated carbocycles. The number of halogens is 3. The second-order valence-electron chi connectivity index (χ2n) is 4.28. The average Bonchev–Trinajstić information content (AvgIpc) is 2.88. The molecule has 0 spiro atoms. The molecule has 2 aromatic rings. The molecule has 8 heteroatoms. The predicted molar refractivity (Wildman–Crippen MR) is 70.2 cm³/mol. The number of benzene rings is 1. The molecular formula is C13H13F3N4O. The van der Waals surface area contributed by atoms with Gasteiger partial charge in [-0.25, -0.2) is 0 Å². The molecule has 1 heterocycles. The summed E-state index contributed by atoms with van der Waals surface area (Å²) < 4.78 is 43.7. The molecule has 0 aliphatic carbocycles. The van der Waals surface area contributed by atoms with Crippen LogP contribution in [0.1, 0.15) is 11.1 Å². The van der Waals surface area contributed by atoms with Crippen LogP contribution in [0.5, 0.6) is 5.75 Å². The van der Waals surface area contributed by atoms with Gasteiger partial charge in [-0.15, -0.1) is 0 Å². The molecule has 0 unspecified atom stereocenters. The summed E-state index contributed by atoms with van der Waals surface area (Å²) in [5.41, 5.74) is 5.11. The van der Waals surface area contributed by atoms with Gasteiger partial charge in [0.25, 0.3) is 0 Å². The van der Waals surface area contributed by atoms with E-state index in [2.05, 4.69) is 5.10 Å². The Morgan fingerprint density at radius 1 is 1.29 bits per heavy atom. The minimum Gasteiger partial charge on any atom is -0.492 e. The summed E-state index contributed by atoms with van der Waals surface area (Å²) in [7, 11) is 0. The third-order valence-electron chi connectivity index (χ3n) is 2.72. The van der Waals surface area contributed by atoms with Gasteiger partial charge in [-0.1, -0.05) is 0 Å². The molecule has 0 fully saturated rings. The summed E-state index contributed by atoms with van der Waals surface area (Å²) in [5, 5.41) is 10.9. The molecule has 1 aromatic heterocycles. The van der Waals surface area contributed by atoms with Crippen LogP contribution in [0.15, 0.2) is 36.7 Å². The number of ether oxygens (including phenoxy) is 1. The minimum atomic E-state index is -4.39. The van der Waals surface area contributed by atoms with Crippen LogP contribution in [0.25, 0.3) is 0 Å². The van der Waals surface area contributed by atoms with Gasteiger partial charge in [0, 0.05) is 11.8 Å². The fourth-order valence-electron chi connectivity index (χ4n) is 1.62. The summed E-state index contributed by atoms with van der Waals surface area (Å²) in [6.07, 6.45) is -2.68. The number of hydrogen-bond donors (Lipinski definition) is 2. The van der Waals surface area contributed by atoms with Crippen LogP contribution < -0.4 is 10.5 Å². The van der Waals surface area contributed by atoms with Gasteiger partial charge in [0.05, 0.1) is 18.3 Å². The number of nitrogens with one attached hydrogen (secondary N) is 1. The minimum absolute atomic E-state index is 0.0437.